The number of hydrogen-bond donors (Lipinski definition) is 1. The van der Waals surface area contributed by atoms with E-state index in [9.17, 15) is 4.39 Å². The Morgan fingerprint density at radius 3 is 2.67 bits per heavy atom. The molecule has 1 aromatic carbocycles. The zero-order chi connectivity index (χ0) is 10.2. The Morgan fingerprint density at radius 1 is 1.47 bits per heavy atom. The van der Waals surface area contributed by atoms with Crippen LogP contribution < -0.4 is 5.32 Å². The van der Waals surface area contributed by atoms with E-state index in [2.05, 4.69) is 5.32 Å². The Bertz CT molecular complexity index is 345. The molecule has 0 bridgehead atoms. The highest BCUT2D eigenvalue weighted by Gasteiger charge is 2.37. The normalized spacial score (nSPS) is 29.9. The molecule has 1 aliphatic rings. The van der Waals surface area contributed by atoms with E-state index in [0.717, 1.165) is 5.56 Å². The molecule has 1 aromatic rings. The molecule has 0 aromatic heterocycles. The van der Waals surface area contributed by atoms with Gasteiger partial charge in [-0.25, -0.2) is 4.39 Å². The van der Waals surface area contributed by atoms with Crippen molar-refractivity contribution in [3.8, 4) is 0 Å². The van der Waals surface area contributed by atoms with Crippen molar-refractivity contribution >= 4 is 24.0 Å². The Morgan fingerprint density at radius 2 is 2.13 bits per heavy atom. The van der Waals surface area contributed by atoms with E-state index in [4.69, 9.17) is 11.6 Å². The van der Waals surface area contributed by atoms with Crippen molar-refractivity contribution in [2.24, 2.45) is 0 Å². The number of hydrogen-bond acceptors (Lipinski definition) is 1. The minimum atomic E-state index is -0.767. The molecular weight excluding hydrogens is 236 g/mol. The van der Waals surface area contributed by atoms with Crippen LogP contribution in [0.15, 0.2) is 24.3 Å². The van der Waals surface area contributed by atoms with Gasteiger partial charge >= 0.3 is 0 Å². The molecule has 2 rings (SSSR count). The van der Waals surface area contributed by atoms with Crippen molar-refractivity contribution in [3.05, 3.63) is 34.9 Å². The van der Waals surface area contributed by atoms with Crippen LogP contribution in [0, 0.1) is 0 Å². The fourth-order valence-corrected chi connectivity index (χ4v) is 2.38. The summed E-state index contributed by atoms with van der Waals surface area (Å²) in [7, 11) is 0. The standard InChI is InChI=1S/C11H13ClFN.ClH/c1-11(6-8(13)7-14-11)9-4-2-3-5-10(9)12;/h2-5,8,14H,6-7H2,1H3;1H. The predicted octanol–water partition coefficient (Wildman–Crippen LogP) is 3.31. The molecular formula is C11H14Cl2FN. The van der Waals surface area contributed by atoms with E-state index in [-0.39, 0.29) is 17.9 Å². The third-order valence-corrected chi connectivity index (χ3v) is 3.14. The Kier molecular flexibility index (Phi) is 3.99. The highest BCUT2D eigenvalue weighted by atomic mass is 35.5. The van der Waals surface area contributed by atoms with Gasteiger partial charge in [0.25, 0.3) is 0 Å². The van der Waals surface area contributed by atoms with Gasteiger partial charge in [0.05, 0.1) is 0 Å². The number of rotatable bonds is 1. The highest BCUT2D eigenvalue weighted by molar-refractivity contribution is 6.31. The van der Waals surface area contributed by atoms with Crippen molar-refractivity contribution in [1.29, 1.82) is 0 Å². The van der Waals surface area contributed by atoms with Gasteiger partial charge in [-0.05, 0) is 18.6 Å². The van der Waals surface area contributed by atoms with Crippen LogP contribution in [0.2, 0.25) is 5.02 Å². The molecule has 2 unspecified atom stereocenters. The number of benzene rings is 1. The fourth-order valence-electron chi connectivity index (χ4n) is 2.04. The minimum Gasteiger partial charge on any atom is -0.305 e. The summed E-state index contributed by atoms with van der Waals surface area (Å²) in [5.74, 6) is 0. The van der Waals surface area contributed by atoms with Crippen molar-refractivity contribution in [2.45, 2.75) is 25.1 Å². The maximum atomic E-state index is 13.1. The molecule has 1 N–H and O–H groups in total. The van der Waals surface area contributed by atoms with Gasteiger partial charge in [-0.15, -0.1) is 12.4 Å². The van der Waals surface area contributed by atoms with E-state index in [0.29, 0.717) is 18.0 Å². The van der Waals surface area contributed by atoms with Crippen LogP contribution in [0.4, 0.5) is 4.39 Å². The van der Waals surface area contributed by atoms with Crippen molar-refractivity contribution in [1.82, 2.24) is 5.32 Å². The first kappa shape index (κ1) is 12.8. The zero-order valence-electron chi connectivity index (χ0n) is 8.47. The second-order valence-electron chi connectivity index (χ2n) is 3.99. The Labute approximate surface area is 100 Å². The molecule has 1 aliphatic heterocycles. The van der Waals surface area contributed by atoms with Gasteiger partial charge in [0.2, 0.25) is 0 Å². The summed E-state index contributed by atoms with van der Waals surface area (Å²) in [4.78, 5) is 0. The van der Waals surface area contributed by atoms with Crippen molar-refractivity contribution in [2.75, 3.05) is 6.54 Å². The molecule has 4 heteroatoms. The van der Waals surface area contributed by atoms with Crippen LogP contribution in [0.5, 0.6) is 0 Å². The lowest BCUT2D eigenvalue weighted by molar-refractivity contribution is 0.333. The molecule has 0 amide bonds. The molecule has 2 atom stereocenters. The van der Waals surface area contributed by atoms with E-state index in [1.807, 2.05) is 31.2 Å². The first-order valence-electron chi connectivity index (χ1n) is 4.76. The molecule has 15 heavy (non-hydrogen) atoms. The quantitative estimate of drug-likeness (QED) is 0.806. The predicted molar refractivity (Wildman–Crippen MR) is 63.6 cm³/mol. The van der Waals surface area contributed by atoms with Gasteiger partial charge in [0.1, 0.15) is 6.17 Å². The van der Waals surface area contributed by atoms with Gasteiger partial charge in [-0.3, -0.25) is 0 Å². The molecule has 0 aliphatic carbocycles. The summed E-state index contributed by atoms with van der Waals surface area (Å²) in [6.45, 7) is 2.41. The van der Waals surface area contributed by atoms with Crippen molar-refractivity contribution in [3.63, 3.8) is 0 Å². The molecule has 1 fully saturated rings. The Hall–Kier alpha value is -0.310. The van der Waals surface area contributed by atoms with E-state index >= 15 is 0 Å². The SMILES string of the molecule is CC1(c2ccccc2Cl)CC(F)CN1.Cl. The monoisotopic (exact) mass is 249 g/mol. The Balaban J connectivity index is 0.00000112. The van der Waals surface area contributed by atoms with Gasteiger partial charge in [0.15, 0.2) is 0 Å². The van der Waals surface area contributed by atoms with Gasteiger partial charge < -0.3 is 5.32 Å². The van der Waals surface area contributed by atoms with Crippen LogP contribution in [-0.4, -0.2) is 12.7 Å². The van der Waals surface area contributed by atoms with Crippen molar-refractivity contribution < 1.29 is 4.39 Å². The second kappa shape index (κ2) is 4.69. The molecule has 1 saturated heterocycles. The topological polar surface area (TPSA) is 12.0 Å². The average Bonchev–Trinajstić information content (AvgIpc) is 2.48. The van der Waals surface area contributed by atoms with E-state index in [1.165, 1.54) is 0 Å². The first-order chi connectivity index (χ1) is 6.62. The van der Waals surface area contributed by atoms with Crippen LogP contribution in [-0.2, 0) is 5.54 Å². The lowest BCUT2D eigenvalue weighted by Gasteiger charge is -2.25. The summed E-state index contributed by atoms with van der Waals surface area (Å²) in [6, 6.07) is 7.61. The van der Waals surface area contributed by atoms with Crippen LogP contribution in [0.1, 0.15) is 18.9 Å². The third-order valence-electron chi connectivity index (χ3n) is 2.81. The smallest absolute Gasteiger partial charge is 0.115 e. The highest BCUT2D eigenvalue weighted by Crippen LogP contribution is 2.35. The second-order valence-corrected chi connectivity index (χ2v) is 4.40. The van der Waals surface area contributed by atoms with E-state index < -0.39 is 6.17 Å². The lowest BCUT2D eigenvalue weighted by atomic mass is 9.90. The van der Waals surface area contributed by atoms with Gasteiger partial charge in [-0.1, -0.05) is 29.8 Å². The number of alkyl halides is 1. The van der Waals surface area contributed by atoms with Crippen LogP contribution in [0.25, 0.3) is 0 Å². The number of nitrogens with one attached hydrogen (secondary N) is 1. The summed E-state index contributed by atoms with van der Waals surface area (Å²) in [5, 5.41) is 3.89. The fraction of sp³-hybridized carbons (Fsp3) is 0.455. The molecule has 0 spiro atoms. The lowest BCUT2D eigenvalue weighted by Crippen LogP contribution is -2.33. The largest absolute Gasteiger partial charge is 0.305 e. The summed E-state index contributed by atoms with van der Waals surface area (Å²) >= 11 is 6.08. The van der Waals surface area contributed by atoms with Gasteiger partial charge in [0, 0.05) is 23.5 Å². The number of halogens is 3. The molecule has 1 heterocycles. The molecule has 0 radical (unpaired) electrons. The molecule has 0 saturated carbocycles. The minimum absolute atomic E-state index is 0. The average molecular weight is 250 g/mol. The zero-order valence-corrected chi connectivity index (χ0v) is 10.0. The summed E-state index contributed by atoms with van der Waals surface area (Å²) in [6.07, 6.45) is -0.271. The maximum Gasteiger partial charge on any atom is 0.115 e. The summed E-state index contributed by atoms with van der Waals surface area (Å²) in [5.41, 5.74) is 0.680. The van der Waals surface area contributed by atoms with E-state index in [1.54, 1.807) is 0 Å². The first-order valence-corrected chi connectivity index (χ1v) is 5.14. The van der Waals surface area contributed by atoms with Crippen LogP contribution >= 0.6 is 24.0 Å². The molecule has 84 valence electrons. The van der Waals surface area contributed by atoms with Crippen LogP contribution in [0.3, 0.4) is 0 Å². The molecule has 1 nitrogen and oxygen atoms in total. The summed E-state index contributed by atoms with van der Waals surface area (Å²) < 4.78 is 13.1. The third kappa shape index (κ3) is 2.44. The van der Waals surface area contributed by atoms with Gasteiger partial charge in [-0.2, -0.15) is 0 Å². The maximum absolute atomic E-state index is 13.1.